The maximum absolute atomic E-state index is 11.4. The second-order valence-corrected chi connectivity index (χ2v) is 7.24. The van der Waals surface area contributed by atoms with Crippen LogP contribution in [0.25, 0.3) is 0 Å². The van der Waals surface area contributed by atoms with Crippen LogP contribution in [-0.4, -0.2) is 29.1 Å². The summed E-state index contributed by atoms with van der Waals surface area (Å²) in [6.07, 6.45) is 0.978. The Morgan fingerprint density at radius 3 is 2.74 bits per heavy atom. The summed E-state index contributed by atoms with van der Waals surface area (Å²) in [7, 11) is -3.70. The molecule has 1 heterocycles. The zero-order chi connectivity index (χ0) is 16.3. The van der Waals surface area contributed by atoms with Crippen molar-refractivity contribution >= 4 is 10.4 Å². The summed E-state index contributed by atoms with van der Waals surface area (Å²) < 4.78 is 28.6. The van der Waals surface area contributed by atoms with Crippen LogP contribution in [0, 0.1) is 0 Å². The quantitative estimate of drug-likeness (QED) is 0.869. The van der Waals surface area contributed by atoms with Crippen molar-refractivity contribution in [2.45, 2.75) is 17.9 Å². The van der Waals surface area contributed by atoms with Crippen molar-refractivity contribution in [2.75, 3.05) is 19.7 Å². The van der Waals surface area contributed by atoms with E-state index in [4.69, 9.17) is 9.88 Å². The number of sulfonamides is 1. The Balaban J connectivity index is 1.70. The van der Waals surface area contributed by atoms with E-state index in [9.17, 15) is 8.76 Å². The molecular formula is C17H20N2O3S. The van der Waals surface area contributed by atoms with Gasteiger partial charge in [0.15, 0.2) is 15.3 Å². The van der Waals surface area contributed by atoms with Crippen molar-refractivity contribution in [3.05, 3.63) is 59.7 Å². The van der Waals surface area contributed by atoms with E-state index in [1.807, 2.05) is 18.2 Å². The third-order valence-corrected chi connectivity index (χ3v) is 4.90. The Labute approximate surface area is 137 Å². The maximum atomic E-state index is 11.4. The Morgan fingerprint density at radius 1 is 1.22 bits per heavy atom. The number of fused-ring (bicyclic) bond motifs is 1. The van der Waals surface area contributed by atoms with Crippen molar-refractivity contribution in [3.63, 3.8) is 0 Å². The van der Waals surface area contributed by atoms with Crippen LogP contribution in [-0.2, 0) is 27.6 Å². The summed E-state index contributed by atoms with van der Waals surface area (Å²) >= 11 is 0. The summed E-state index contributed by atoms with van der Waals surface area (Å²) in [4.78, 5) is 2.41. The molecule has 0 bridgehead atoms. The molecule has 6 heteroatoms. The molecular weight excluding hydrogens is 312 g/mol. The monoisotopic (exact) mass is 332 g/mol. The standard InChI is InChI=1S/C17H20N2O3S/c18-23(20,21)16-7-6-15-13-19(10-11-22-17(15)12-16)9-8-14-4-2-1-3-5-14/h1-7,12H,8-11,13H2,(H2-,18,20,21). The van der Waals surface area contributed by atoms with Crippen LogP contribution in [0.3, 0.4) is 0 Å². The van der Waals surface area contributed by atoms with Gasteiger partial charge in [0.1, 0.15) is 12.4 Å². The normalized spacial score (nSPS) is 17.7. The molecule has 0 saturated heterocycles. The molecule has 23 heavy (non-hydrogen) atoms. The number of nitrogens with zero attached hydrogens (tertiary/aromatic N) is 1. The van der Waals surface area contributed by atoms with E-state index in [1.165, 1.54) is 17.7 Å². The minimum Gasteiger partial charge on any atom is -0.593 e. The number of primary sulfonamides is 1. The van der Waals surface area contributed by atoms with Crippen molar-refractivity contribution in [2.24, 2.45) is 5.14 Å². The van der Waals surface area contributed by atoms with Crippen LogP contribution in [0.5, 0.6) is 5.75 Å². The number of hydrogen-bond acceptors (Lipinski definition) is 4. The topological polar surface area (TPSA) is 78.6 Å². The first kappa shape index (κ1) is 16.1. The van der Waals surface area contributed by atoms with Crippen molar-refractivity contribution in [1.82, 2.24) is 4.90 Å². The molecule has 3 rings (SSSR count). The largest absolute Gasteiger partial charge is 0.593 e. The summed E-state index contributed by atoms with van der Waals surface area (Å²) in [5.41, 5.74) is 2.30. The molecule has 0 aliphatic carbocycles. The third-order valence-electron chi connectivity index (χ3n) is 3.99. The number of nitrogens with two attached hydrogens (primary N) is 1. The SMILES string of the molecule is N[S+](=O)([O-])c1ccc2c(c1)OCCN(CCc1ccccc1)C2. The average molecular weight is 332 g/mol. The van der Waals surface area contributed by atoms with E-state index in [2.05, 4.69) is 17.0 Å². The Kier molecular flexibility index (Phi) is 4.77. The zero-order valence-corrected chi connectivity index (χ0v) is 13.6. The lowest BCUT2D eigenvalue weighted by molar-refractivity contribution is 0.228. The fourth-order valence-electron chi connectivity index (χ4n) is 2.70. The highest BCUT2D eigenvalue weighted by molar-refractivity contribution is 7.95. The molecule has 0 saturated carbocycles. The fourth-order valence-corrected chi connectivity index (χ4v) is 3.23. The van der Waals surface area contributed by atoms with Gasteiger partial charge in [0, 0.05) is 31.3 Å². The molecule has 2 aromatic rings. The molecule has 2 aromatic carbocycles. The Hall–Kier alpha value is -1.73. The molecule has 1 aliphatic heterocycles. The van der Waals surface area contributed by atoms with Gasteiger partial charge in [-0.15, -0.1) is 5.14 Å². The number of benzene rings is 2. The van der Waals surface area contributed by atoms with Gasteiger partial charge in [-0.2, -0.15) is 0 Å². The molecule has 0 fully saturated rings. The second-order valence-electron chi connectivity index (χ2n) is 5.67. The average Bonchev–Trinajstić information content (AvgIpc) is 2.74. The lowest BCUT2D eigenvalue weighted by Crippen LogP contribution is -2.27. The highest BCUT2D eigenvalue weighted by Gasteiger charge is 2.20. The van der Waals surface area contributed by atoms with Gasteiger partial charge in [-0.05, 0) is 24.1 Å². The molecule has 1 atom stereocenters. The number of ether oxygens (including phenoxy) is 1. The minimum absolute atomic E-state index is 0.0917. The van der Waals surface area contributed by atoms with Gasteiger partial charge in [0.2, 0.25) is 0 Å². The van der Waals surface area contributed by atoms with Crippen LogP contribution in [0.1, 0.15) is 11.1 Å². The highest BCUT2D eigenvalue weighted by Crippen LogP contribution is 2.27. The Bertz CT molecular complexity index is 715. The summed E-state index contributed by atoms with van der Waals surface area (Å²) in [6, 6.07) is 15.2. The van der Waals surface area contributed by atoms with Crippen molar-refractivity contribution in [1.29, 1.82) is 0 Å². The number of hydrogen-bond donors (Lipinski definition) is 1. The van der Waals surface area contributed by atoms with E-state index >= 15 is 0 Å². The van der Waals surface area contributed by atoms with E-state index in [0.717, 1.165) is 31.6 Å². The van der Waals surface area contributed by atoms with Crippen LogP contribution in [0.15, 0.2) is 53.4 Å². The molecule has 0 spiro atoms. The van der Waals surface area contributed by atoms with Crippen LogP contribution in [0.4, 0.5) is 0 Å². The van der Waals surface area contributed by atoms with E-state index in [0.29, 0.717) is 12.4 Å². The van der Waals surface area contributed by atoms with Crippen LogP contribution >= 0.6 is 0 Å². The van der Waals surface area contributed by atoms with Crippen LogP contribution in [0.2, 0.25) is 0 Å². The summed E-state index contributed by atoms with van der Waals surface area (Å²) in [6.45, 7) is 3.03. The van der Waals surface area contributed by atoms with E-state index in [1.54, 1.807) is 6.07 Å². The van der Waals surface area contributed by atoms with E-state index < -0.39 is 10.4 Å². The van der Waals surface area contributed by atoms with E-state index in [-0.39, 0.29) is 4.90 Å². The molecule has 2 N–H and O–H groups in total. The summed E-state index contributed by atoms with van der Waals surface area (Å²) in [5.74, 6) is 0.610. The highest BCUT2D eigenvalue weighted by atomic mass is 32.3. The lowest BCUT2D eigenvalue weighted by Gasteiger charge is -2.19. The molecule has 1 unspecified atom stereocenters. The summed E-state index contributed by atoms with van der Waals surface area (Å²) in [5, 5.41) is 5.17. The van der Waals surface area contributed by atoms with Gasteiger partial charge in [-0.1, -0.05) is 34.5 Å². The maximum Gasteiger partial charge on any atom is 0.178 e. The first-order chi connectivity index (χ1) is 11.0. The predicted molar refractivity (Wildman–Crippen MR) is 88.6 cm³/mol. The van der Waals surface area contributed by atoms with Gasteiger partial charge in [-0.25, -0.2) is 0 Å². The third kappa shape index (κ3) is 4.17. The molecule has 0 radical (unpaired) electrons. The van der Waals surface area contributed by atoms with Crippen LogP contribution < -0.4 is 9.88 Å². The van der Waals surface area contributed by atoms with Gasteiger partial charge in [0.25, 0.3) is 0 Å². The first-order valence-electron chi connectivity index (χ1n) is 7.57. The van der Waals surface area contributed by atoms with Gasteiger partial charge in [0.05, 0.1) is 0 Å². The van der Waals surface area contributed by atoms with Gasteiger partial charge < -0.3 is 9.29 Å². The molecule has 0 amide bonds. The predicted octanol–water partition coefficient (Wildman–Crippen LogP) is 1.99. The molecule has 5 nitrogen and oxygen atoms in total. The second kappa shape index (κ2) is 6.80. The van der Waals surface area contributed by atoms with Crippen molar-refractivity contribution in [3.8, 4) is 5.75 Å². The van der Waals surface area contributed by atoms with Crippen molar-refractivity contribution < 1.29 is 13.5 Å². The Morgan fingerprint density at radius 2 is 2.00 bits per heavy atom. The number of rotatable bonds is 4. The zero-order valence-electron chi connectivity index (χ0n) is 12.8. The molecule has 0 aromatic heterocycles. The minimum atomic E-state index is -3.70. The fraction of sp³-hybridized carbons (Fsp3) is 0.294. The molecule has 122 valence electrons. The lowest BCUT2D eigenvalue weighted by atomic mass is 10.1. The van der Waals surface area contributed by atoms with Gasteiger partial charge >= 0.3 is 0 Å². The smallest absolute Gasteiger partial charge is 0.178 e. The molecule has 1 aliphatic rings. The van der Waals surface area contributed by atoms with Gasteiger partial charge in [-0.3, -0.25) is 4.90 Å². The first-order valence-corrected chi connectivity index (χ1v) is 9.12.